The van der Waals surface area contributed by atoms with Crippen LogP contribution in [-0.2, 0) is 18.6 Å². The number of rotatable bonds is 7. The molecule has 0 aromatic heterocycles. The largest absolute Gasteiger partial charge is 0.366 e. The minimum Gasteiger partial charge on any atom is -0.366 e. The van der Waals surface area contributed by atoms with Crippen molar-refractivity contribution in [2.24, 2.45) is 0 Å². The quantitative estimate of drug-likeness (QED) is 0.659. The molecule has 7 nitrogen and oxygen atoms in total. The lowest BCUT2D eigenvalue weighted by atomic mass is 10.1. The summed E-state index contributed by atoms with van der Waals surface area (Å²) in [4.78, 5) is 14.3. The molecule has 0 aromatic rings. The third-order valence-electron chi connectivity index (χ3n) is 3.72. The minimum atomic E-state index is -2.98. The first-order chi connectivity index (χ1) is 10.2. The van der Waals surface area contributed by atoms with E-state index in [0.29, 0.717) is 39.4 Å². The Kier molecular flexibility index (Phi) is 7.02. The molecule has 1 fully saturated rings. The number of amides is 1. The van der Waals surface area contributed by atoms with Crippen molar-refractivity contribution in [1.82, 2.24) is 14.2 Å². The number of piperazine rings is 1. The fourth-order valence-corrected chi connectivity index (χ4v) is 4.49. The van der Waals surface area contributed by atoms with E-state index in [9.17, 15) is 9.36 Å². The predicted octanol–water partition coefficient (Wildman–Crippen LogP) is 1.65. The molecule has 0 aliphatic carbocycles. The molecule has 1 atom stereocenters. The highest BCUT2D eigenvalue weighted by Gasteiger charge is 2.40. The van der Waals surface area contributed by atoms with Crippen LogP contribution in [0.2, 0.25) is 0 Å². The summed E-state index contributed by atoms with van der Waals surface area (Å²) in [6, 6.07) is 0. The summed E-state index contributed by atoms with van der Waals surface area (Å²) in [7, 11) is 0.533. The van der Waals surface area contributed by atoms with Gasteiger partial charge in [0.05, 0.1) is 6.61 Å². The normalized spacial score (nSPS) is 20.2. The summed E-state index contributed by atoms with van der Waals surface area (Å²) < 4.78 is 27.5. The van der Waals surface area contributed by atoms with Crippen molar-refractivity contribution in [2.45, 2.75) is 33.3 Å². The van der Waals surface area contributed by atoms with Crippen LogP contribution >= 0.6 is 7.67 Å². The zero-order chi connectivity index (χ0) is 17.0. The molecule has 0 spiro atoms. The number of ether oxygens (including phenoxy) is 1. The van der Waals surface area contributed by atoms with Crippen molar-refractivity contribution in [3.63, 3.8) is 0 Å². The van der Waals surface area contributed by atoms with Crippen LogP contribution in [0.1, 0.15) is 27.7 Å². The second-order valence-electron chi connectivity index (χ2n) is 5.94. The van der Waals surface area contributed by atoms with Gasteiger partial charge in [-0.2, -0.15) is 0 Å². The molecule has 8 heteroatoms. The second kappa shape index (κ2) is 7.88. The van der Waals surface area contributed by atoms with Gasteiger partial charge >= 0.3 is 7.67 Å². The van der Waals surface area contributed by atoms with E-state index in [1.54, 1.807) is 37.5 Å². The third-order valence-corrected chi connectivity index (χ3v) is 6.44. The highest BCUT2D eigenvalue weighted by atomic mass is 31.2. The number of hydrogen-bond acceptors (Lipinski definition) is 4. The molecule has 0 N–H and O–H groups in total. The molecule has 0 saturated carbocycles. The Balaban J connectivity index is 2.70. The fraction of sp³-hybridized carbons (Fsp3) is 0.929. The summed E-state index contributed by atoms with van der Waals surface area (Å²) >= 11 is 0. The molecule has 1 aliphatic heterocycles. The maximum Gasteiger partial charge on any atom is 0.345 e. The Morgan fingerprint density at radius 3 is 2.09 bits per heavy atom. The lowest BCUT2D eigenvalue weighted by Gasteiger charge is -2.41. The van der Waals surface area contributed by atoms with Gasteiger partial charge in [-0.05, 0) is 41.8 Å². The van der Waals surface area contributed by atoms with E-state index >= 15 is 0 Å². The van der Waals surface area contributed by atoms with E-state index in [4.69, 9.17) is 9.26 Å². The summed E-state index contributed by atoms with van der Waals surface area (Å²) in [6.07, 6.45) is 0. The first-order valence-corrected chi connectivity index (χ1v) is 9.33. The zero-order valence-corrected chi connectivity index (χ0v) is 15.6. The van der Waals surface area contributed by atoms with Crippen LogP contribution in [0.25, 0.3) is 0 Å². The number of carbonyl (C=O) groups is 1. The molecule has 1 rings (SSSR count). The van der Waals surface area contributed by atoms with Gasteiger partial charge in [-0.3, -0.25) is 9.36 Å². The summed E-state index contributed by atoms with van der Waals surface area (Å²) in [6.45, 7) is 10.3. The molecular formula is C14H30N3O4P. The number of carbonyl (C=O) groups excluding carboxylic acids is 1. The van der Waals surface area contributed by atoms with Crippen LogP contribution in [0.15, 0.2) is 0 Å². The molecular weight excluding hydrogens is 305 g/mol. The smallest absolute Gasteiger partial charge is 0.345 e. The van der Waals surface area contributed by atoms with Crippen molar-refractivity contribution in [2.75, 3.05) is 53.5 Å². The number of hydrogen-bond donors (Lipinski definition) is 0. The van der Waals surface area contributed by atoms with Gasteiger partial charge < -0.3 is 14.2 Å². The van der Waals surface area contributed by atoms with E-state index in [-0.39, 0.29) is 5.91 Å². The van der Waals surface area contributed by atoms with Crippen LogP contribution < -0.4 is 0 Å². The van der Waals surface area contributed by atoms with Crippen molar-refractivity contribution in [3.8, 4) is 0 Å². The average Bonchev–Trinajstić information content (AvgIpc) is 2.46. The maximum absolute atomic E-state index is 12.9. The first-order valence-electron chi connectivity index (χ1n) is 7.80. The molecule has 0 aromatic carbocycles. The molecule has 1 amide bonds. The SMILES string of the molecule is CCOC(C)(C)C(=O)N1CCN(P(=O)(OCC)N(C)C)CC1. The van der Waals surface area contributed by atoms with Gasteiger partial charge in [0.25, 0.3) is 5.91 Å². The maximum atomic E-state index is 12.9. The highest BCUT2D eigenvalue weighted by molar-refractivity contribution is 7.53. The first kappa shape index (κ1) is 19.6. The average molecular weight is 335 g/mol. The summed E-state index contributed by atoms with van der Waals surface area (Å²) in [5.74, 6) is -0.0231. The van der Waals surface area contributed by atoms with Crippen LogP contribution in [0.3, 0.4) is 0 Å². The van der Waals surface area contributed by atoms with E-state index < -0.39 is 13.3 Å². The van der Waals surface area contributed by atoms with E-state index in [2.05, 4.69) is 0 Å². The third kappa shape index (κ3) is 4.30. The molecule has 0 bridgehead atoms. The van der Waals surface area contributed by atoms with Crippen LogP contribution in [0, 0.1) is 0 Å². The Bertz CT molecular complexity index is 420. The molecule has 1 heterocycles. The van der Waals surface area contributed by atoms with Crippen molar-refractivity contribution in [1.29, 1.82) is 0 Å². The van der Waals surface area contributed by atoms with Gasteiger partial charge in [-0.15, -0.1) is 0 Å². The van der Waals surface area contributed by atoms with Gasteiger partial charge in [0.15, 0.2) is 0 Å². The minimum absolute atomic E-state index is 0.0231. The van der Waals surface area contributed by atoms with Gasteiger partial charge in [0.2, 0.25) is 0 Å². The van der Waals surface area contributed by atoms with E-state index in [1.165, 1.54) is 0 Å². The molecule has 0 radical (unpaired) electrons. The fourth-order valence-electron chi connectivity index (χ4n) is 2.57. The zero-order valence-electron chi connectivity index (χ0n) is 14.7. The topological polar surface area (TPSA) is 62.3 Å². The lowest BCUT2D eigenvalue weighted by Crippen LogP contribution is -2.54. The highest BCUT2D eigenvalue weighted by Crippen LogP contribution is 2.52. The summed E-state index contributed by atoms with van der Waals surface area (Å²) in [5.41, 5.74) is -0.817. The van der Waals surface area contributed by atoms with Gasteiger partial charge in [-0.1, -0.05) is 0 Å². The van der Waals surface area contributed by atoms with E-state index in [1.807, 2.05) is 18.5 Å². The van der Waals surface area contributed by atoms with Gasteiger partial charge in [0.1, 0.15) is 5.60 Å². The Morgan fingerprint density at radius 1 is 1.14 bits per heavy atom. The number of nitrogens with zero attached hydrogens (tertiary/aromatic N) is 3. The van der Waals surface area contributed by atoms with Crippen molar-refractivity contribution in [3.05, 3.63) is 0 Å². The molecule has 1 aliphatic rings. The Morgan fingerprint density at radius 2 is 1.68 bits per heavy atom. The van der Waals surface area contributed by atoms with Crippen LogP contribution in [0.4, 0.5) is 0 Å². The molecule has 1 unspecified atom stereocenters. The van der Waals surface area contributed by atoms with Crippen LogP contribution in [0.5, 0.6) is 0 Å². The lowest BCUT2D eigenvalue weighted by molar-refractivity contribution is -0.155. The molecule has 130 valence electrons. The van der Waals surface area contributed by atoms with E-state index in [0.717, 1.165) is 0 Å². The van der Waals surface area contributed by atoms with Crippen molar-refractivity contribution >= 4 is 13.6 Å². The van der Waals surface area contributed by atoms with Crippen molar-refractivity contribution < 1.29 is 18.6 Å². The Hall–Kier alpha value is -0.460. The van der Waals surface area contributed by atoms with Gasteiger partial charge in [0, 0.05) is 32.8 Å². The predicted molar refractivity (Wildman–Crippen MR) is 86.8 cm³/mol. The second-order valence-corrected chi connectivity index (χ2v) is 8.55. The van der Waals surface area contributed by atoms with Crippen LogP contribution in [-0.4, -0.2) is 79.2 Å². The van der Waals surface area contributed by atoms with Gasteiger partial charge in [-0.25, -0.2) is 9.34 Å². The Labute approximate surface area is 134 Å². The monoisotopic (exact) mass is 335 g/mol. The molecule has 1 saturated heterocycles. The standard InChI is InChI=1S/C14H30N3O4P/c1-7-20-14(3,4)13(18)16-9-11-17(12-10-16)22(19,15(5)6)21-8-2/h7-12H2,1-6H3. The summed E-state index contributed by atoms with van der Waals surface area (Å²) in [5, 5.41) is 0. The molecule has 22 heavy (non-hydrogen) atoms.